The van der Waals surface area contributed by atoms with Crippen LogP contribution < -0.4 is 0 Å². The number of alkyl halides is 3. The average molecular weight is 354 g/mol. The third kappa shape index (κ3) is 2.17. The number of carbonyl (C=O) groups is 1. The van der Waals surface area contributed by atoms with E-state index < -0.39 is 17.2 Å². The van der Waals surface area contributed by atoms with E-state index in [1.165, 1.54) is 11.1 Å². The lowest BCUT2D eigenvalue weighted by molar-refractivity contribution is -0.302. The number of ketones is 1. The number of allylic oxidation sites excluding steroid dienone is 4. The van der Waals surface area contributed by atoms with Gasteiger partial charge in [-0.15, -0.1) is 0 Å². The number of halogens is 3. The van der Waals surface area contributed by atoms with Crippen molar-refractivity contribution < 1.29 is 23.1 Å². The van der Waals surface area contributed by atoms with Gasteiger partial charge in [0.05, 0.1) is 0 Å². The Labute approximate surface area is 146 Å². The lowest BCUT2D eigenvalue weighted by atomic mass is 9.53. The predicted octanol–water partition coefficient (Wildman–Crippen LogP) is 4.88. The molecular formula is C20H25F3O2. The Morgan fingerprint density at radius 2 is 1.92 bits per heavy atom. The van der Waals surface area contributed by atoms with E-state index in [4.69, 9.17) is 0 Å². The third-order valence-corrected chi connectivity index (χ3v) is 7.68. The van der Waals surface area contributed by atoms with Crippen LogP contribution in [0.2, 0.25) is 0 Å². The van der Waals surface area contributed by atoms with Gasteiger partial charge in [0.15, 0.2) is 11.4 Å². The SMILES string of the molecule is CC[C@]12CCC3=C4CCC(=O)C=C4CC[C@H]3[C@@H]1CC[C@@]2(O)C(F)(F)F. The Bertz CT molecular complexity index is 675. The molecule has 138 valence electrons. The van der Waals surface area contributed by atoms with Gasteiger partial charge in [0.25, 0.3) is 0 Å². The number of hydrogen-bond acceptors (Lipinski definition) is 2. The first kappa shape index (κ1) is 17.3. The van der Waals surface area contributed by atoms with Gasteiger partial charge in [-0.2, -0.15) is 13.2 Å². The summed E-state index contributed by atoms with van der Waals surface area (Å²) in [5.74, 6) is 0.216. The van der Waals surface area contributed by atoms with Crippen LogP contribution in [-0.2, 0) is 4.79 Å². The van der Waals surface area contributed by atoms with Crippen molar-refractivity contribution in [2.24, 2.45) is 17.3 Å². The molecule has 0 unspecified atom stereocenters. The van der Waals surface area contributed by atoms with E-state index in [1.807, 2.05) is 0 Å². The standard InChI is InChI=1S/C20H25F3O2/c1-2-18-9-7-15-14-6-4-13(24)11-12(14)3-5-16(15)17(18)8-10-19(18,25)20(21,22)23/h11,16-17,25H,2-10H2,1H3/t16-,17+,18+,19+/m1/s1. The summed E-state index contributed by atoms with van der Waals surface area (Å²) in [6.07, 6.45) is 1.73. The summed E-state index contributed by atoms with van der Waals surface area (Å²) in [5, 5.41) is 10.7. The lowest BCUT2D eigenvalue weighted by Crippen LogP contribution is -2.59. The molecule has 4 rings (SSSR count). The van der Waals surface area contributed by atoms with Crippen molar-refractivity contribution in [3.8, 4) is 0 Å². The molecule has 0 spiro atoms. The van der Waals surface area contributed by atoms with Crippen molar-refractivity contribution in [2.45, 2.75) is 76.5 Å². The summed E-state index contributed by atoms with van der Waals surface area (Å²) >= 11 is 0. The molecule has 0 bridgehead atoms. The first-order valence-corrected chi connectivity index (χ1v) is 9.48. The fourth-order valence-electron chi connectivity index (χ4n) is 6.53. The molecular weight excluding hydrogens is 329 g/mol. The zero-order valence-corrected chi connectivity index (χ0v) is 14.6. The number of rotatable bonds is 1. The Hall–Kier alpha value is -1.10. The van der Waals surface area contributed by atoms with Gasteiger partial charge in [-0.05, 0) is 80.4 Å². The van der Waals surface area contributed by atoms with Gasteiger partial charge in [-0.25, -0.2) is 0 Å². The molecule has 0 aromatic carbocycles. The fraction of sp³-hybridized carbons (Fsp3) is 0.750. The van der Waals surface area contributed by atoms with E-state index in [-0.39, 0.29) is 24.0 Å². The van der Waals surface area contributed by atoms with Crippen molar-refractivity contribution >= 4 is 5.78 Å². The van der Waals surface area contributed by atoms with Crippen LogP contribution in [-0.4, -0.2) is 22.7 Å². The number of carbonyl (C=O) groups excluding carboxylic acids is 1. The molecule has 4 aliphatic carbocycles. The first-order chi connectivity index (χ1) is 11.7. The Kier molecular flexibility index (Phi) is 3.77. The van der Waals surface area contributed by atoms with Crippen LogP contribution in [0.15, 0.2) is 22.8 Å². The number of aliphatic hydroxyl groups is 1. The summed E-state index contributed by atoms with van der Waals surface area (Å²) < 4.78 is 41.3. The minimum atomic E-state index is -4.57. The van der Waals surface area contributed by atoms with E-state index in [2.05, 4.69) is 0 Å². The molecule has 0 radical (unpaired) electrons. The molecule has 0 aliphatic heterocycles. The summed E-state index contributed by atoms with van der Waals surface area (Å²) in [5.41, 5.74) is 0.0732. The second kappa shape index (κ2) is 5.45. The summed E-state index contributed by atoms with van der Waals surface area (Å²) in [6.45, 7) is 1.81. The number of hydrogen-bond donors (Lipinski definition) is 1. The Morgan fingerprint density at radius 1 is 1.16 bits per heavy atom. The molecule has 0 saturated heterocycles. The molecule has 2 fully saturated rings. The van der Waals surface area contributed by atoms with Gasteiger partial charge in [-0.3, -0.25) is 4.79 Å². The highest BCUT2D eigenvalue weighted by Gasteiger charge is 2.72. The zero-order valence-electron chi connectivity index (χ0n) is 14.6. The van der Waals surface area contributed by atoms with Crippen LogP contribution >= 0.6 is 0 Å². The highest BCUT2D eigenvalue weighted by Crippen LogP contribution is 2.68. The maximum absolute atomic E-state index is 13.8. The lowest BCUT2D eigenvalue weighted by Gasteiger charge is -2.53. The van der Waals surface area contributed by atoms with E-state index in [1.54, 1.807) is 13.0 Å². The van der Waals surface area contributed by atoms with E-state index >= 15 is 0 Å². The minimum Gasteiger partial charge on any atom is -0.380 e. The molecule has 0 aromatic rings. The van der Waals surface area contributed by atoms with Gasteiger partial charge >= 0.3 is 6.18 Å². The summed E-state index contributed by atoms with van der Waals surface area (Å²) in [6, 6.07) is 0. The van der Waals surface area contributed by atoms with Crippen molar-refractivity contribution in [3.05, 3.63) is 22.8 Å². The Balaban J connectivity index is 1.77. The van der Waals surface area contributed by atoms with Crippen LogP contribution in [0.5, 0.6) is 0 Å². The van der Waals surface area contributed by atoms with Crippen molar-refractivity contribution in [2.75, 3.05) is 0 Å². The molecule has 0 aromatic heterocycles. The van der Waals surface area contributed by atoms with Crippen LogP contribution in [0.25, 0.3) is 0 Å². The van der Waals surface area contributed by atoms with E-state index in [9.17, 15) is 23.1 Å². The zero-order chi connectivity index (χ0) is 18.0. The van der Waals surface area contributed by atoms with Crippen LogP contribution in [0.1, 0.15) is 64.7 Å². The predicted molar refractivity (Wildman–Crippen MR) is 87.8 cm³/mol. The van der Waals surface area contributed by atoms with Crippen LogP contribution in [0.3, 0.4) is 0 Å². The van der Waals surface area contributed by atoms with Crippen LogP contribution in [0, 0.1) is 17.3 Å². The number of fused-ring (bicyclic) bond motifs is 4. The fourth-order valence-corrected chi connectivity index (χ4v) is 6.53. The van der Waals surface area contributed by atoms with Gasteiger partial charge in [-0.1, -0.05) is 12.5 Å². The first-order valence-electron chi connectivity index (χ1n) is 9.48. The van der Waals surface area contributed by atoms with E-state index in [0.717, 1.165) is 24.8 Å². The van der Waals surface area contributed by atoms with Gasteiger partial charge in [0.2, 0.25) is 0 Å². The largest absolute Gasteiger partial charge is 0.417 e. The maximum atomic E-state index is 13.8. The smallest absolute Gasteiger partial charge is 0.380 e. The highest BCUT2D eigenvalue weighted by atomic mass is 19.4. The molecule has 1 N–H and O–H groups in total. The van der Waals surface area contributed by atoms with Crippen LogP contribution in [0.4, 0.5) is 13.2 Å². The van der Waals surface area contributed by atoms with Gasteiger partial charge < -0.3 is 5.11 Å². The minimum absolute atomic E-state index is 0.0976. The summed E-state index contributed by atoms with van der Waals surface area (Å²) in [4.78, 5) is 11.7. The van der Waals surface area contributed by atoms with Gasteiger partial charge in [0, 0.05) is 11.8 Å². The molecule has 0 heterocycles. The summed E-state index contributed by atoms with van der Waals surface area (Å²) in [7, 11) is 0. The van der Waals surface area contributed by atoms with Crippen molar-refractivity contribution in [3.63, 3.8) is 0 Å². The van der Waals surface area contributed by atoms with Crippen molar-refractivity contribution in [1.29, 1.82) is 0 Å². The maximum Gasteiger partial charge on any atom is 0.417 e. The topological polar surface area (TPSA) is 37.3 Å². The molecule has 4 aliphatic rings. The van der Waals surface area contributed by atoms with Gasteiger partial charge in [0.1, 0.15) is 0 Å². The normalized spacial score (nSPS) is 41.2. The highest BCUT2D eigenvalue weighted by molar-refractivity contribution is 5.93. The van der Waals surface area contributed by atoms with Crippen molar-refractivity contribution in [1.82, 2.24) is 0 Å². The molecule has 25 heavy (non-hydrogen) atoms. The second-order valence-electron chi connectivity index (χ2n) is 8.30. The second-order valence-corrected chi connectivity index (χ2v) is 8.30. The average Bonchev–Trinajstić information content (AvgIpc) is 2.89. The molecule has 4 atom stereocenters. The third-order valence-electron chi connectivity index (χ3n) is 7.68. The molecule has 5 heteroatoms. The molecule has 0 amide bonds. The van der Waals surface area contributed by atoms with E-state index in [0.29, 0.717) is 32.1 Å². The molecule has 2 saturated carbocycles. The monoisotopic (exact) mass is 354 g/mol. The Morgan fingerprint density at radius 3 is 2.60 bits per heavy atom. The quantitative estimate of drug-likeness (QED) is 0.729. The molecule has 2 nitrogen and oxygen atoms in total.